The number of allylic oxidation sites excluding steroid dienone is 3. The van der Waals surface area contributed by atoms with Crippen molar-refractivity contribution in [1.29, 1.82) is 0 Å². The highest BCUT2D eigenvalue weighted by Gasteiger charge is 2.24. The third kappa shape index (κ3) is 6.05. The third-order valence-corrected chi connectivity index (χ3v) is 6.12. The average Bonchev–Trinajstić information content (AvgIpc) is 3.17. The summed E-state index contributed by atoms with van der Waals surface area (Å²) in [6.07, 6.45) is 6.67. The zero-order valence-electron chi connectivity index (χ0n) is 17.2. The summed E-state index contributed by atoms with van der Waals surface area (Å²) in [6.45, 7) is 8.48. The first-order valence-corrected chi connectivity index (χ1v) is 10.8. The van der Waals surface area contributed by atoms with Gasteiger partial charge in [0.05, 0.1) is 16.5 Å². The van der Waals surface area contributed by atoms with Crippen LogP contribution in [0.2, 0.25) is 0 Å². The SMILES string of the molecule is C=C(/C=C(C)\C=C/N)Nc1cccc(-c2ccc(CN3CCC(C(=O)O)CC3)s2)n1. The molecule has 30 heavy (non-hydrogen) atoms. The molecule has 0 aromatic carbocycles. The summed E-state index contributed by atoms with van der Waals surface area (Å²) in [6, 6.07) is 10.1. The van der Waals surface area contributed by atoms with E-state index in [1.165, 1.54) is 11.1 Å². The van der Waals surface area contributed by atoms with Crippen molar-refractivity contribution in [2.75, 3.05) is 18.4 Å². The van der Waals surface area contributed by atoms with Gasteiger partial charge in [0.1, 0.15) is 5.82 Å². The second-order valence-electron chi connectivity index (χ2n) is 7.46. The lowest BCUT2D eigenvalue weighted by Crippen LogP contribution is -2.35. The number of nitrogens with two attached hydrogens (primary N) is 1. The second kappa shape index (κ2) is 10.2. The van der Waals surface area contributed by atoms with Crippen molar-refractivity contribution < 1.29 is 9.90 Å². The van der Waals surface area contributed by atoms with Crippen LogP contribution < -0.4 is 11.1 Å². The number of aliphatic carboxylic acids is 1. The maximum Gasteiger partial charge on any atom is 0.306 e. The number of hydrogen-bond acceptors (Lipinski definition) is 6. The summed E-state index contributed by atoms with van der Waals surface area (Å²) in [4.78, 5) is 20.5. The highest BCUT2D eigenvalue weighted by atomic mass is 32.1. The molecule has 0 amide bonds. The Bertz CT molecular complexity index is 956. The van der Waals surface area contributed by atoms with E-state index in [0.29, 0.717) is 0 Å². The van der Waals surface area contributed by atoms with Crippen LogP contribution in [-0.4, -0.2) is 34.0 Å². The van der Waals surface area contributed by atoms with Crippen molar-refractivity contribution in [3.8, 4) is 10.6 Å². The number of hydrogen-bond donors (Lipinski definition) is 3. The van der Waals surface area contributed by atoms with Gasteiger partial charge in [-0.2, -0.15) is 0 Å². The Labute approximate surface area is 181 Å². The fourth-order valence-corrected chi connectivity index (χ4v) is 4.50. The van der Waals surface area contributed by atoms with E-state index in [2.05, 4.69) is 28.9 Å². The van der Waals surface area contributed by atoms with Crippen LogP contribution in [-0.2, 0) is 11.3 Å². The number of carbonyl (C=O) groups is 1. The number of pyridine rings is 1. The van der Waals surface area contributed by atoms with Crippen LogP contribution in [0.1, 0.15) is 24.6 Å². The maximum atomic E-state index is 11.1. The van der Waals surface area contributed by atoms with E-state index in [0.717, 1.165) is 60.1 Å². The molecule has 6 nitrogen and oxygen atoms in total. The largest absolute Gasteiger partial charge is 0.481 e. The molecule has 2 aromatic heterocycles. The van der Waals surface area contributed by atoms with E-state index in [9.17, 15) is 4.79 Å². The Morgan fingerprint density at radius 3 is 2.83 bits per heavy atom. The lowest BCUT2D eigenvalue weighted by molar-refractivity contribution is -0.143. The smallest absolute Gasteiger partial charge is 0.306 e. The molecular formula is C23H28N4O2S. The summed E-state index contributed by atoms with van der Waals surface area (Å²) < 4.78 is 0. The van der Waals surface area contributed by atoms with Crippen molar-refractivity contribution in [2.24, 2.45) is 11.7 Å². The zero-order valence-corrected chi connectivity index (χ0v) is 18.0. The van der Waals surface area contributed by atoms with Crippen molar-refractivity contribution in [3.05, 3.63) is 71.4 Å². The Kier molecular flexibility index (Phi) is 7.43. The van der Waals surface area contributed by atoms with Crippen LogP contribution in [0.3, 0.4) is 0 Å². The molecule has 4 N–H and O–H groups in total. The van der Waals surface area contributed by atoms with Gasteiger partial charge in [0.25, 0.3) is 0 Å². The van der Waals surface area contributed by atoms with Gasteiger partial charge in [0, 0.05) is 17.1 Å². The first-order chi connectivity index (χ1) is 14.4. The molecule has 1 saturated heterocycles. The number of likely N-dealkylation sites (tertiary alicyclic amines) is 1. The molecule has 0 atom stereocenters. The van der Waals surface area contributed by atoms with Gasteiger partial charge in [-0.3, -0.25) is 9.69 Å². The predicted molar refractivity (Wildman–Crippen MR) is 123 cm³/mol. The van der Waals surface area contributed by atoms with Crippen LogP contribution >= 0.6 is 11.3 Å². The summed E-state index contributed by atoms with van der Waals surface area (Å²) in [5.41, 5.74) is 8.07. The van der Waals surface area contributed by atoms with Gasteiger partial charge in [-0.05, 0) is 81.0 Å². The van der Waals surface area contributed by atoms with Gasteiger partial charge < -0.3 is 16.2 Å². The van der Waals surface area contributed by atoms with Gasteiger partial charge in [-0.25, -0.2) is 4.98 Å². The number of nitrogens with zero attached hydrogens (tertiary/aromatic N) is 2. The summed E-state index contributed by atoms with van der Waals surface area (Å²) in [5, 5.41) is 12.4. The first kappa shape index (κ1) is 21.8. The van der Waals surface area contributed by atoms with Crippen LogP contribution in [0.5, 0.6) is 0 Å². The lowest BCUT2D eigenvalue weighted by atomic mass is 9.97. The summed E-state index contributed by atoms with van der Waals surface area (Å²) in [7, 11) is 0. The Morgan fingerprint density at radius 2 is 2.13 bits per heavy atom. The van der Waals surface area contributed by atoms with Crippen molar-refractivity contribution >= 4 is 23.1 Å². The molecule has 0 radical (unpaired) electrons. The molecule has 158 valence electrons. The molecule has 0 unspecified atom stereocenters. The normalized spacial score (nSPS) is 16.1. The number of piperidine rings is 1. The van der Waals surface area contributed by atoms with Gasteiger partial charge >= 0.3 is 5.97 Å². The highest BCUT2D eigenvalue weighted by Crippen LogP contribution is 2.29. The Morgan fingerprint density at radius 1 is 1.37 bits per heavy atom. The minimum absolute atomic E-state index is 0.195. The number of carboxylic acid groups (broad SMARTS) is 1. The van der Waals surface area contributed by atoms with Gasteiger partial charge in [0.15, 0.2) is 0 Å². The number of aromatic nitrogens is 1. The molecule has 0 saturated carbocycles. The minimum atomic E-state index is -0.670. The Balaban J connectivity index is 1.62. The van der Waals surface area contributed by atoms with Crippen molar-refractivity contribution in [3.63, 3.8) is 0 Å². The predicted octanol–water partition coefficient (Wildman–Crippen LogP) is 4.45. The lowest BCUT2D eigenvalue weighted by Gasteiger charge is -2.29. The fraction of sp³-hybridized carbons (Fsp3) is 0.304. The number of anilines is 1. The van der Waals surface area contributed by atoms with E-state index >= 15 is 0 Å². The molecule has 0 aliphatic carbocycles. The van der Waals surface area contributed by atoms with Gasteiger partial charge in [-0.15, -0.1) is 11.3 Å². The van der Waals surface area contributed by atoms with Crippen LogP contribution in [0.15, 0.2) is 66.5 Å². The minimum Gasteiger partial charge on any atom is -0.481 e. The second-order valence-corrected chi connectivity index (χ2v) is 8.63. The molecule has 7 heteroatoms. The standard InChI is InChI=1S/C23H28N4O2S/c1-16(8-11-24)14-17(2)25-22-5-3-4-20(26-22)21-7-6-19(30-21)15-27-12-9-18(10-13-27)23(28)29/h3-8,11,14,18H,2,9-10,12-13,15,24H2,1H3,(H,25,26)(H,28,29)/b11-8-,16-14-. The van der Waals surface area contributed by atoms with E-state index in [4.69, 9.17) is 15.8 Å². The highest BCUT2D eigenvalue weighted by molar-refractivity contribution is 7.15. The zero-order chi connectivity index (χ0) is 21.5. The van der Waals surface area contributed by atoms with Gasteiger partial charge in [0.2, 0.25) is 0 Å². The van der Waals surface area contributed by atoms with E-state index in [-0.39, 0.29) is 5.92 Å². The van der Waals surface area contributed by atoms with Crippen molar-refractivity contribution in [2.45, 2.75) is 26.3 Å². The number of rotatable bonds is 8. The molecule has 0 spiro atoms. The molecule has 1 fully saturated rings. The van der Waals surface area contributed by atoms with Gasteiger partial charge in [-0.1, -0.05) is 12.6 Å². The first-order valence-electron chi connectivity index (χ1n) is 9.98. The molecule has 1 aliphatic rings. The molecule has 0 bridgehead atoms. The van der Waals surface area contributed by atoms with E-state index in [1.807, 2.05) is 37.3 Å². The monoisotopic (exact) mass is 424 g/mol. The topological polar surface area (TPSA) is 91.5 Å². The van der Waals surface area contributed by atoms with E-state index in [1.54, 1.807) is 11.3 Å². The summed E-state index contributed by atoms with van der Waals surface area (Å²) >= 11 is 1.73. The molecule has 3 heterocycles. The molecule has 3 rings (SSSR count). The quantitative estimate of drug-likeness (QED) is 0.542. The maximum absolute atomic E-state index is 11.1. The Hall–Kier alpha value is -2.90. The summed E-state index contributed by atoms with van der Waals surface area (Å²) in [5.74, 6) is -0.125. The fourth-order valence-electron chi connectivity index (χ4n) is 3.48. The number of thiophene rings is 1. The van der Waals surface area contributed by atoms with Crippen LogP contribution in [0, 0.1) is 5.92 Å². The molecular weight excluding hydrogens is 396 g/mol. The van der Waals surface area contributed by atoms with E-state index < -0.39 is 5.97 Å². The van der Waals surface area contributed by atoms with Crippen molar-refractivity contribution in [1.82, 2.24) is 9.88 Å². The van der Waals surface area contributed by atoms with Crippen LogP contribution in [0.25, 0.3) is 10.6 Å². The number of carboxylic acids is 1. The van der Waals surface area contributed by atoms with Crippen LogP contribution in [0.4, 0.5) is 5.82 Å². The third-order valence-electron chi connectivity index (χ3n) is 5.03. The molecule has 1 aliphatic heterocycles. The average molecular weight is 425 g/mol. The molecule has 2 aromatic rings. The number of nitrogens with one attached hydrogen (secondary N) is 1.